The van der Waals surface area contributed by atoms with Crippen molar-refractivity contribution >= 4 is 11.9 Å². The lowest BCUT2D eigenvalue weighted by molar-refractivity contribution is 0.154. The lowest BCUT2D eigenvalue weighted by Crippen LogP contribution is -2.28. The summed E-state index contributed by atoms with van der Waals surface area (Å²) in [5.41, 5.74) is 5.44. The van der Waals surface area contributed by atoms with E-state index in [1.54, 1.807) is 0 Å². The van der Waals surface area contributed by atoms with Crippen molar-refractivity contribution in [2.45, 2.75) is 13.8 Å². The highest BCUT2D eigenvalue weighted by atomic mass is 16.5. The van der Waals surface area contributed by atoms with Gasteiger partial charge in [0.1, 0.15) is 0 Å². The third kappa shape index (κ3) is 2.88. The van der Waals surface area contributed by atoms with Crippen LogP contribution in [0.3, 0.4) is 0 Å². The van der Waals surface area contributed by atoms with Crippen LogP contribution in [0, 0.1) is 0 Å². The summed E-state index contributed by atoms with van der Waals surface area (Å²) in [6.45, 7) is 7.04. The predicted molar refractivity (Wildman–Crippen MR) is 55.2 cm³/mol. The maximum atomic E-state index is 5.44. The molecule has 0 bridgehead atoms. The number of aromatic nitrogens is 3. The zero-order valence-corrected chi connectivity index (χ0v) is 8.66. The molecule has 80 valence electrons. The SMILES string of the molecule is CCOCCN(CC)c1n[nH]c(N)n1. The molecule has 0 amide bonds. The maximum absolute atomic E-state index is 5.44. The van der Waals surface area contributed by atoms with Gasteiger partial charge in [-0.1, -0.05) is 0 Å². The van der Waals surface area contributed by atoms with E-state index in [2.05, 4.69) is 15.2 Å². The Balaban J connectivity index is 2.45. The molecule has 14 heavy (non-hydrogen) atoms. The largest absolute Gasteiger partial charge is 0.380 e. The van der Waals surface area contributed by atoms with E-state index < -0.39 is 0 Å². The van der Waals surface area contributed by atoms with Crippen molar-refractivity contribution in [1.29, 1.82) is 0 Å². The lowest BCUT2D eigenvalue weighted by Gasteiger charge is -2.17. The smallest absolute Gasteiger partial charge is 0.246 e. The van der Waals surface area contributed by atoms with Crippen molar-refractivity contribution in [2.75, 3.05) is 36.9 Å². The van der Waals surface area contributed by atoms with E-state index in [-0.39, 0.29) is 0 Å². The van der Waals surface area contributed by atoms with E-state index in [4.69, 9.17) is 10.5 Å². The Morgan fingerprint density at radius 3 is 2.79 bits per heavy atom. The van der Waals surface area contributed by atoms with E-state index in [0.29, 0.717) is 18.5 Å². The summed E-state index contributed by atoms with van der Waals surface area (Å²) in [7, 11) is 0. The molecule has 3 N–H and O–H groups in total. The average molecular weight is 199 g/mol. The van der Waals surface area contributed by atoms with Gasteiger partial charge in [0.25, 0.3) is 0 Å². The van der Waals surface area contributed by atoms with Gasteiger partial charge in [0, 0.05) is 19.7 Å². The summed E-state index contributed by atoms with van der Waals surface area (Å²) < 4.78 is 5.26. The fourth-order valence-electron chi connectivity index (χ4n) is 1.13. The Bertz CT molecular complexity index is 262. The number of hydrogen-bond acceptors (Lipinski definition) is 5. The van der Waals surface area contributed by atoms with Crippen molar-refractivity contribution in [1.82, 2.24) is 15.2 Å². The van der Waals surface area contributed by atoms with Gasteiger partial charge in [-0.25, -0.2) is 5.10 Å². The number of anilines is 2. The molecule has 6 heteroatoms. The standard InChI is InChI=1S/C8H17N5O/c1-3-13(5-6-14-4-2)8-10-7(9)11-12-8/h3-6H2,1-2H3,(H3,9,10,11,12). The number of nitrogen functional groups attached to an aromatic ring is 1. The minimum Gasteiger partial charge on any atom is -0.380 e. The van der Waals surface area contributed by atoms with Gasteiger partial charge in [-0.3, -0.25) is 0 Å². The van der Waals surface area contributed by atoms with E-state index in [1.165, 1.54) is 0 Å². The highest BCUT2D eigenvalue weighted by Gasteiger charge is 2.08. The van der Waals surface area contributed by atoms with E-state index in [0.717, 1.165) is 19.7 Å². The molecule has 6 nitrogen and oxygen atoms in total. The van der Waals surface area contributed by atoms with Crippen LogP contribution in [0.4, 0.5) is 11.9 Å². The van der Waals surface area contributed by atoms with Crippen LogP contribution in [0.1, 0.15) is 13.8 Å². The lowest BCUT2D eigenvalue weighted by atomic mass is 10.5. The molecular formula is C8H17N5O. The second-order valence-electron chi connectivity index (χ2n) is 2.80. The van der Waals surface area contributed by atoms with E-state index >= 15 is 0 Å². The van der Waals surface area contributed by atoms with Crippen molar-refractivity contribution in [3.8, 4) is 0 Å². The van der Waals surface area contributed by atoms with Crippen molar-refractivity contribution in [2.24, 2.45) is 0 Å². The molecule has 0 radical (unpaired) electrons. The van der Waals surface area contributed by atoms with Crippen LogP contribution >= 0.6 is 0 Å². The van der Waals surface area contributed by atoms with Gasteiger partial charge in [-0.2, -0.15) is 4.98 Å². The Labute approximate surface area is 83.5 Å². The number of aromatic amines is 1. The molecule has 0 aliphatic carbocycles. The van der Waals surface area contributed by atoms with E-state index in [1.807, 2.05) is 18.7 Å². The highest BCUT2D eigenvalue weighted by Crippen LogP contribution is 2.06. The van der Waals surface area contributed by atoms with Crippen LogP contribution in [0.2, 0.25) is 0 Å². The van der Waals surface area contributed by atoms with Crippen LogP contribution in [-0.4, -0.2) is 41.5 Å². The first kappa shape index (κ1) is 10.8. The minimum atomic E-state index is 0.342. The van der Waals surface area contributed by atoms with Crippen LogP contribution < -0.4 is 10.6 Å². The summed E-state index contributed by atoms with van der Waals surface area (Å²) in [4.78, 5) is 6.04. The third-order valence-electron chi connectivity index (χ3n) is 1.87. The Hall–Kier alpha value is -1.30. The quantitative estimate of drug-likeness (QED) is 0.642. The van der Waals surface area contributed by atoms with Gasteiger partial charge in [0.2, 0.25) is 11.9 Å². The van der Waals surface area contributed by atoms with Gasteiger partial charge in [-0.15, -0.1) is 5.10 Å². The van der Waals surface area contributed by atoms with Gasteiger partial charge in [-0.05, 0) is 13.8 Å². The van der Waals surface area contributed by atoms with Crippen LogP contribution in [0.5, 0.6) is 0 Å². The third-order valence-corrected chi connectivity index (χ3v) is 1.87. The topological polar surface area (TPSA) is 80.1 Å². The van der Waals surface area contributed by atoms with Crippen LogP contribution in [0.15, 0.2) is 0 Å². The minimum absolute atomic E-state index is 0.342. The molecule has 0 spiro atoms. The van der Waals surface area contributed by atoms with Gasteiger partial charge in [0.15, 0.2) is 0 Å². The summed E-state index contributed by atoms with van der Waals surface area (Å²) in [6.07, 6.45) is 0. The number of nitrogens with two attached hydrogens (primary N) is 1. The summed E-state index contributed by atoms with van der Waals surface area (Å²) in [5, 5.41) is 6.58. The van der Waals surface area contributed by atoms with Gasteiger partial charge in [0.05, 0.1) is 6.61 Å². The molecule has 0 aliphatic rings. The number of nitrogens with one attached hydrogen (secondary N) is 1. The first-order valence-corrected chi connectivity index (χ1v) is 4.78. The van der Waals surface area contributed by atoms with Crippen molar-refractivity contribution in [3.63, 3.8) is 0 Å². The molecular weight excluding hydrogens is 182 g/mol. The molecule has 1 heterocycles. The molecule has 0 atom stereocenters. The second kappa shape index (κ2) is 5.43. The van der Waals surface area contributed by atoms with Gasteiger partial charge >= 0.3 is 0 Å². The fraction of sp³-hybridized carbons (Fsp3) is 0.750. The van der Waals surface area contributed by atoms with E-state index in [9.17, 15) is 0 Å². The summed E-state index contributed by atoms with van der Waals surface area (Å²) in [6, 6.07) is 0. The zero-order valence-electron chi connectivity index (χ0n) is 8.66. The monoisotopic (exact) mass is 199 g/mol. The number of likely N-dealkylation sites (N-methyl/N-ethyl adjacent to an activating group) is 1. The summed E-state index contributed by atoms with van der Waals surface area (Å²) in [5.74, 6) is 0.972. The average Bonchev–Trinajstić information content (AvgIpc) is 2.60. The van der Waals surface area contributed by atoms with Crippen molar-refractivity contribution in [3.05, 3.63) is 0 Å². The van der Waals surface area contributed by atoms with Gasteiger partial charge < -0.3 is 15.4 Å². The van der Waals surface area contributed by atoms with Crippen LogP contribution in [0.25, 0.3) is 0 Å². The van der Waals surface area contributed by atoms with Crippen molar-refractivity contribution < 1.29 is 4.74 Å². The number of nitrogens with zero attached hydrogens (tertiary/aromatic N) is 3. The molecule has 0 saturated carbocycles. The molecule has 0 saturated heterocycles. The number of H-pyrrole nitrogens is 1. The fourth-order valence-corrected chi connectivity index (χ4v) is 1.13. The number of ether oxygens (including phenoxy) is 1. The first-order chi connectivity index (χ1) is 6.77. The number of rotatable bonds is 6. The second-order valence-corrected chi connectivity index (χ2v) is 2.80. The predicted octanol–water partition coefficient (Wildman–Crippen LogP) is 0.250. The van der Waals surface area contributed by atoms with Crippen LogP contribution in [-0.2, 0) is 4.74 Å². The molecule has 1 aromatic heterocycles. The molecule has 0 aromatic carbocycles. The normalized spacial score (nSPS) is 10.4. The molecule has 0 fully saturated rings. The first-order valence-electron chi connectivity index (χ1n) is 4.78. The molecule has 0 unspecified atom stereocenters. The maximum Gasteiger partial charge on any atom is 0.246 e. The Morgan fingerprint density at radius 2 is 2.29 bits per heavy atom. The Kier molecular flexibility index (Phi) is 4.18. The zero-order chi connectivity index (χ0) is 10.4. The summed E-state index contributed by atoms with van der Waals surface area (Å²) >= 11 is 0. The number of hydrogen-bond donors (Lipinski definition) is 2. The molecule has 0 aliphatic heterocycles. The highest BCUT2D eigenvalue weighted by molar-refractivity contribution is 5.33. The molecule has 1 aromatic rings. The Morgan fingerprint density at radius 1 is 1.50 bits per heavy atom. The molecule has 1 rings (SSSR count).